The molecule has 1 aliphatic carbocycles. The van der Waals surface area contributed by atoms with Crippen LogP contribution in [0.15, 0.2) is 18.2 Å². The van der Waals surface area contributed by atoms with Crippen molar-refractivity contribution in [3.8, 4) is 0 Å². The molecular weight excluding hydrogens is 208 g/mol. The summed E-state index contributed by atoms with van der Waals surface area (Å²) in [6.45, 7) is 2.06. The number of rotatable bonds is 1. The van der Waals surface area contributed by atoms with Gasteiger partial charge >= 0.3 is 0 Å². The molecule has 1 fully saturated rings. The summed E-state index contributed by atoms with van der Waals surface area (Å²) in [5.41, 5.74) is 6.48. The smallest absolute Gasteiger partial charge is 0.126 e. The molecule has 1 nitrogen and oxygen atoms in total. The Morgan fingerprint density at radius 3 is 2.12 bits per heavy atom. The minimum absolute atomic E-state index is 0.126. The SMILES string of the molecule is CC1(c2cc(F)cc(F)c2)CCC(N)CC1. The summed E-state index contributed by atoms with van der Waals surface area (Å²) in [7, 11) is 0. The van der Waals surface area contributed by atoms with E-state index < -0.39 is 11.6 Å². The Balaban J connectivity index is 2.28. The zero-order valence-electron chi connectivity index (χ0n) is 9.47. The van der Waals surface area contributed by atoms with Crippen LogP contribution in [0, 0.1) is 11.6 Å². The monoisotopic (exact) mass is 225 g/mol. The number of nitrogens with two attached hydrogens (primary N) is 1. The zero-order valence-corrected chi connectivity index (χ0v) is 9.47. The van der Waals surface area contributed by atoms with Gasteiger partial charge in [-0.1, -0.05) is 6.92 Å². The molecular formula is C13H17F2N. The largest absolute Gasteiger partial charge is 0.328 e. The van der Waals surface area contributed by atoms with Gasteiger partial charge in [0.25, 0.3) is 0 Å². The normalized spacial score (nSPS) is 30.4. The van der Waals surface area contributed by atoms with Crippen LogP contribution in [0.5, 0.6) is 0 Å². The molecule has 0 radical (unpaired) electrons. The molecule has 0 unspecified atom stereocenters. The number of hydrogen-bond acceptors (Lipinski definition) is 1. The maximum absolute atomic E-state index is 13.2. The first-order chi connectivity index (χ1) is 7.49. The Hall–Kier alpha value is -0.960. The Labute approximate surface area is 94.7 Å². The molecule has 16 heavy (non-hydrogen) atoms. The van der Waals surface area contributed by atoms with Crippen molar-refractivity contribution in [2.45, 2.75) is 44.1 Å². The Morgan fingerprint density at radius 2 is 1.62 bits per heavy atom. The molecule has 0 spiro atoms. The van der Waals surface area contributed by atoms with Gasteiger partial charge in [0.05, 0.1) is 0 Å². The minimum Gasteiger partial charge on any atom is -0.328 e. The highest BCUT2D eigenvalue weighted by molar-refractivity contribution is 5.27. The molecule has 1 saturated carbocycles. The van der Waals surface area contributed by atoms with E-state index in [0.29, 0.717) is 0 Å². The van der Waals surface area contributed by atoms with Crippen molar-refractivity contribution < 1.29 is 8.78 Å². The van der Waals surface area contributed by atoms with Crippen molar-refractivity contribution >= 4 is 0 Å². The lowest BCUT2D eigenvalue weighted by Crippen LogP contribution is -2.34. The fraction of sp³-hybridized carbons (Fsp3) is 0.538. The quantitative estimate of drug-likeness (QED) is 0.780. The third-order valence-corrected chi connectivity index (χ3v) is 3.69. The Kier molecular flexibility index (Phi) is 2.98. The maximum Gasteiger partial charge on any atom is 0.126 e. The first-order valence-corrected chi connectivity index (χ1v) is 5.72. The van der Waals surface area contributed by atoms with Crippen molar-refractivity contribution in [2.24, 2.45) is 5.73 Å². The van der Waals surface area contributed by atoms with E-state index in [2.05, 4.69) is 6.92 Å². The second-order valence-corrected chi connectivity index (χ2v) is 5.06. The minimum atomic E-state index is -0.494. The summed E-state index contributed by atoms with van der Waals surface area (Å²) in [6.07, 6.45) is 3.65. The van der Waals surface area contributed by atoms with Crippen molar-refractivity contribution in [3.63, 3.8) is 0 Å². The topological polar surface area (TPSA) is 26.0 Å². The molecule has 0 saturated heterocycles. The van der Waals surface area contributed by atoms with E-state index >= 15 is 0 Å². The van der Waals surface area contributed by atoms with Gasteiger partial charge < -0.3 is 5.73 Å². The number of hydrogen-bond donors (Lipinski definition) is 1. The van der Waals surface area contributed by atoms with Gasteiger partial charge in [0.2, 0.25) is 0 Å². The predicted octanol–water partition coefficient (Wildman–Crippen LogP) is 3.12. The molecule has 0 heterocycles. The van der Waals surface area contributed by atoms with Crippen LogP contribution < -0.4 is 5.73 Å². The number of halogens is 2. The van der Waals surface area contributed by atoms with Gasteiger partial charge in [-0.15, -0.1) is 0 Å². The highest BCUT2D eigenvalue weighted by Crippen LogP contribution is 2.38. The molecule has 0 aliphatic heterocycles. The maximum atomic E-state index is 13.2. The lowest BCUT2D eigenvalue weighted by Gasteiger charge is -2.36. The molecule has 1 aromatic carbocycles. The molecule has 1 aliphatic rings. The van der Waals surface area contributed by atoms with Crippen molar-refractivity contribution in [1.29, 1.82) is 0 Å². The molecule has 2 rings (SSSR count). The molecule has 0 amide bonds. The van der Waals surface area contributed by atoms with E-state index in [4.69, 9.17) is 5.73 Å². The Morgan fingerprint density at radius 1 is 1.12 bits per heavy atom. The Bertz CT molecular complexity index is 361. The first-order valence-electron chi connectivity index (χ1n) is 5.72. The van der Waals surface area contributed by atoms with Crippen molar-refractivity contribution in [2.75, 3.05) is 0 Å². The summed E-state index contributed by atoms with van der Waals surface area (Å²) in [6, 6.07) is 4.05. The van der Waals surface area contributed by atoms with Gasteiger partial charge in [0.15, 0.2) is 0 Å². The van der Waals surface area contributed by atoms with Gasteiger partial charge in [0.1, 0.15) is 11.6 Å². The van der Waals surface area contributed by atoms with Crippen molar-refractivity contribution in [1.82, 2.24) is 0 Å². The third-order valence-electron chi connectivity index (χ3n) is 3.69. The summed E-state index contributed by atoms with van der Waals surface area (Å²) in [4.78, 5) is 0. The van der Waals surface area contributed by atoms with Crippen LogP contribution in [0.2, 0.25) is 0 Å². The van der Waals surface area contributed by atoms with E-state index in [1.54, 1.807) is 0 Å². The molecule has 88 valence electrons. The molecule has 1 aromatic rings. The molecule has 3 heteroatoms. The highest BCUT2D eigenvalue weighted by atomic mass is 19.1. The van der Waals surface area contributed by atoms with E-state index in [1.807, 2.05) is 0 Å². The molecule has 0 bridgehead atoms. The second kappa shape index (κ2) is 4.13. The summed E-state index contributed by atoms with van der Waals surface area (Å²) < 4.78 is 26.3. The highest BCUT2D eigenvalue weighted by Gasteiger charge is 2.32. The fourth-order valence-electron chi connectivity index (χ4n) is 2.47. The average Bonchev–Trinajstić information content (AvgIpc) is 2.21. The molecule has 0 atom stereocenters. The van der Waals surface area contributed by atoms with Crippen LogP contribution in [0.1, 0.15) is 38.2 Å². The third kappa shape index (κ3) is 2.24. The molecule has 2 N–H and O–H groups in total. The predicted molar refractivity (Wildman–Crippen MR) is 60.2 cm³/mol. The van der Waals surface area contributed by atoms with E-state index in [1.165, 1.54) is 12.1 Å². The van der Waals surface area contributed by atoms with Crippen LogP contribution in [-0.4, -0.2) is 6.04 Å². The van der Waals surface area contributed by atoms with Gasteiger partial charge in [0, 0.05) is 12.1 Å². The van der Waals surface area contributed by atoms with Crippen molar-refractivity contribution in [3.05, 3.63) is 35.4 Å². The van der Waals surface area contributed by atoms with Crippen LogP contribution >= 0.6 is 0 Å². The van der Waals surface area contributed by atoms with Gasteiger partial charge in [-0.05, 0) is 48.8 Å². The lowest BCUT2D eigenvalue weighted by molar-refractivity contribution is 0.291. The van der Waals surface area contributed by atoms with Crippen LogP contribution in [0.3, 0.4) is 0 Å². The van der Waals surface area contributed by atoms with Crippen LogP contribution in [-0.2, 0) is 5.41 Å². The second-order valence-electron chi connectivity index (χ2n) is 5.06. The molecule has 0 aromatic heterocycles. The van der Waals surface area contributed by atoms with E-state index in [0.717, 1.165) is 37.3 Å². The summed E-state index contributed by atoms with van der Waals surface area (Å²) in [5.74, 6) is -0.989. The lowest BCUT2D eigenvalue weighted by atomic mass is 9.70. The van der Waals surface area contributed by atoms with Gasteiger partial charge in [-0.25, -0.2) is 8.78 Å². The number of benzene rings is 1. The first kappa shape index (κ1) is 11.5. The summed E-state index contributed by atoms with van der Waals surface area (Å²) in [5, 5.41) is 0. The average molecular weight is 225 g/mol. The van der Waals surface area contributed by atoms with Gasteiger partial charge in [-0.2, -0.15) is 0 Å². The fourth-order valence-corrected chi connectivity index (χ4v) is 2.47. The van der Waals surface area contributed by atoms with Crippen LogP contribution in [0.25, 0.3) is 0 Å². The van der Waals surface area contributed by atoms with E-state index in [-0.39, 0.29) is 11.5 Å². The zero-order chi connectivity index (χ0) is 11.8. The standard InChI is InChI=1S/C13H17F2N/c1-13(4-2-12(16)3-5-13)9-6-10(14)8-11(15)7-9/h6-8,12H,2-5,16H2,1H3. The van der Waals surface area contributed by atoms with Gasteiger partial charge in [-0.3, -0.25) is 0 Å². The van der Waals surface area contributed by atoms with E-state index in [9.17, 15) is 8.78 Å². The summed E-state index contributed by atoms with van der Waals surface area (Å²) >= 11 is 0. The van der Waals surface area contributed by atoms with Crippen LogP contribution in [0.4, 0.5) is 8.78 Å².